The van der Waals surface area contributed by atoms with E-state index >= 15 is 0 Å². The second kappa shape index (κ2) is 59.4. The Balaban J connectivity index is 5.16. The highest BCUT2D eigenvalue weighted by molar-refractivity contribution is 7.47. The summed E-state index contributed by atoms with van der Waals surface area (Å²) >= 11 is 0. The van der Waals surface area contributed by atoms with Crippen LogP contribution in [-0.2, 0) is 65.4 Å². The van der Waals surface area contributed by atoms with Gasteiger partial charge < -0.3 is 33.8 Å². The maximum atomic E-state index is 13.0. The number of esters is 4. The van der Waals surface area contributed by atoms with Crippen LogP contribution in [0.1, 0.15) is 337 Å². The molecule has 17 nitrogen and oxygen atoms in total. The lowest BCUT2D eigenvalue weighted by Crippen LogP contribution is -2.30. The monoisotopic (exact) mass is 1270 g/mol. The molecule has 3 N–H and O–H groups in total. The molecule has 0 aliphatic rings. The van der Waals surface area contributed by atoms with Crippen LogP contribution >= 0.6 is 15.6 Å². The van der Waals surface area contributed by atoms with Crippen molar-refractivity contribution in [3.8, 4) is 0 Å². The Bertz CT molecular complexity index is 1690. The van der Waals surface area contributed by atoms with Gasteiger partial charge in [0.05, 0.1) is 26.4 Å². The highest BCUT2D eigenvalue weighted by atomic mass is 31.2. The molecule has 0 spiro atoms. The Labute approximate surface area is 524 Å². The number of unbranched alkanes of at least 4 members (excludes halogenated alkanes) is 34. The summed E-state index contributed by atoms with van der Waals surface area (Å²) in [6, 6.07) is 0. The summed E-state index contributed by atoms with van der Waals surface area (Å²) in [7, 11) is -9.88. The van der Waals surface area contributed by atoms with Gasteiger partial charge in [0.15, 0.2) is 12.2 Å². The van der Waals surface area contributed by atoms with Gasteiger partial charge in [-0.25, -0.2) is 9.13 Å². The minimum absolute atomic E-state index is 0.106. The molecular weight excluding hydrogens is 1140 g/mol. The molecule has 7 atom stereocenters. The summed E-state index contributed by atoms with van der Waals surface area (Å²) in [5.41, 5.74) is 0. The maximum Gasteiger partial charge on any atom is 0.472 e. The molecule has 0 aliphatic carbocycles. The fourth-order valence-corrected chi connectivity index (χ4v) is 11.6. The molecule has 0 aliphatic heterocycles. The van der Waals surface area contributed by atoms with Gasteiger partial charge in [-0.15, -0.1) is 0 Å². The van der Waals surface area contributed by atoms with Gasteiger partial charge in [-0.1, -0.05) is 286 Å². The summed E-state index contributed by atoms with van der Waals surface area (Å²) in [6.45, 7) is 9.49. The van der Waals surface area contributed by atoms with E-state index in [1.807, 2.05) is 0 Å². The van der Waals surface area contributed by atoms with Crippen LogP contribution in [0.2, 0.25) is 0 Å². The van der Waals surface area contributed by atoms with E-state index in [-0.39, 0.29) is 25.7 Å². The van der Waals surface area contributed by atoms with Gasteiger partial charge in [0.1, 0.15) is 19.3 Å². The predicted molar refractivity (Wildman–Crippen MR) is 345 cm³/mol. The quantitative estimate of drug-likeness (QED) is 0.0222. The number of phosphoric ester groups is 2. The Morgan fingerprint density at radius 2 is 0.558 bits per heavy atom. The summed E-state index contributed by atoms with van der Waals surface area (Å²) in [4.78, 5) is 72.1. The predicted octanol–water partition coefficient (Wildman–Crippen LogP) is 18.8. The van der Waals surface area contributed by atoms with Crippen molar-refractivity contribution in [3.05, 3.63) is 0 Å². The molecule has 0 heterocycles. The fraction of sp³-hybridized carbons (Fsp3) is 0.940. The van der Waals surface area contributed by atoms with Crippen molar-refractivity contribution < 1.29 is 80.2 Å². The Kier molecular flexibility index (Phi) is 58.0. The normalized spacial score (nSPS) is 14.8. The first kappa shape index (κ1) is 84.1. The van der Waals surface area contributed by atoms with Crippen molar-refractivity contribution in [1.82, 2.24) is 0 Å². The average Bonchev–Trinajstić information content (AvgIpc) is 3.64. The lowest BCUT2D eigenvalue weighted by atomic mass is 9.99. The lowest BCUT2D eigenvalue weighted by molar-refractivity contribution is -0.161. The number of phosphoric acid groups is 2. The van der Waals surface area contributed by atoms with Crippen LogP contribution < -0.4 is 0 Å². The van der Waals surface area contributed by atoms with Gasteiger partial charge in [-0.3, -0.25) is 37.3 Å². The van der Waals surface area contributed by atoms with E-state index < -0.39 is 97.5 Å². The zero-order valence-corrected chi connectivity index (χ0v) is 57.4. The van der Waals surface area contributed by atoms with E-state index in [0.717, 1.165) is 108 Å². The highest BCUT2D eigenvalue weighted by Crippen LogP contribution is 2.45. The molecule has 0 saturated carbocycles. The first-order valence-electron chi connectivity index (χ1n) is 35.1. The van der Waals surface area contributed by atoms with E-state index in [2.05, 4.69) is 41.5 Å². The average molecular weight is 1270 g/mol. The number of aliphatic hydroxyl groups is 1. The minimum Gasteiger partial charge on any atom is -0.462 e. The van der Waals surface area contributed by atoms with Crippen LogP contribution in [0.3, 0.4) is 0 Å². The minimum atomic E-state index is -4.95. The topological polar surface area (TPSA) is 237 Å². The van der Waals surface area contributed by atoms with E-state index in [0.29, 0.717) is 25.7 Å². The van der Waals surface area contributed by atoms with Gasteiger partial charge in [-0.2, -0.15) is 0 Å². The van der Waals surface area contributed by atoms with Gasteiger partial charge in [0, 0.05) is 25.7 Å². The fourth-order valence-electron chi connectivity index (χ4n) is 10.00. The van der Waals surface area contributed by atoms with Crippen molar-refractivity contribution in [3.63, 3.8) is 0 Å². The molecular formula is C67H130O17P2. The summed E-state index contributed by atoms with van der Waals surface area (Å²) in [5.74, 6) is -0.516. The molecule has 0 aromatic rings. The number of hydrogen-bond donors (Lipinski definition) is 3. The van der Waals surface area contributed by atoms with Crippen LogP contribution in [0.15, 0.2) is 0 Å². The second-order valence-corrected chi connectivity index (χ2v) is 27.6. The summed E-state index contributed by atoms with van der Waals surface area (Å²) in [5, 5.41) is 10.5. The third-order valence-electron chi connectivity index (χ3n) is 16.2. The van der Waals surface area contributed by atoms with Crippen LogP contribution in [0, 0.1) is 11.8 Å². The van der Waals surface area contributed by atoms with Crippen LogP contribution in [0.5, 0.6) is 0 Å². The largest absolute Gasteiger partial charge is 0.472 e. The second-order valence-electron chi connectivity index (χ2n) is 24.7. The number of ether oxygens (including phenoxy) is 4. The Morgan fingerprint density at radius 3 is 0.826 bits per heavy atom. The molecule has 510 valence electrons. The summed E-state index contributed by atoms with van der Waals surface area (Å²) in [6.07, 6.45) is 43.3. The van der Waals surface area contributed by atoms with E-state index in [9.17, 15) is 43.2 Å². The standard InChI is InChI=1S/C67H130O17P2/c1-7-11-13-15-16-17-22-26-33-39-45-51-66(71)83-62(55-77-64(69)49-43-35-14-12-8-2)57-81-85(73,74)79-53-61(68)54-80-86(75,76)82-58-63(56-78-65(70)50-44-38-32-29-28-31-37-42-48-60(6)10-4)84-67(72)52-46-40-34-27-24-21-19-18-20-23-25-30-36-41-47-59(5)9-3/h59-63,68H,7-58H2,1-6H3,(H,73,74)(H,75,76)/t59?,60?,61-,62+,63+/m0/s1. The number of aliphatic hydroxyl groups excluding tert-OH is 1. The third kappa shape index (κ3) is 58.4. The molecule has 0 rings (SSSR count). The molecule has 0 saturated heterocycles. The van der Waals surface area contributed by atoms with Crippen molar-refractivity contribution in [2.45, 2.75) is 355 Å². The van der Waals surface area contributed by atoms with Gasteiger partial charge in [0.2, 0.25) is 0 Å². The molecule has 4 unspecified atom stereocenters. The van der Waals surface area contributed by atoms with Crippen LogP contribution in [0.25, 0.3) is 0 Å². The zero-order chi connectivity index (χ0) is 63.6. The molecule has 0 fully saturated rings. The van der Waals surface area contributed by atoms with E-state index in [1.165, 1.54) is 148 Å². The van der Waals surface area contributed by atoms with Crippen molar-refractivity contribution in [1.29, 1.82) is 0 Å². The smallest absolute Gasteiger partial charge is 0.462 e. The molecule has 0 radical (unpaired) electrons. The highest BCUT2D eigenvalue weighted by Gasteiger charge is 2.30. The van der Waals surface area contributed by atoms with Crippen molar-refractivity contribution in [2.75, 3.05) is 39.6 Å². The molecule has 0 amide bonds. The lowest BCUT2D eigenvalue weighted by Gasteiger charge is -2.21. The first-order valence-corrected chi connectivity index (χ1v) is 38.1. The molecule has 0 aromatic heterocycles. The third-order valence-corrected chi connectivity index (χ3v) is 18.1. The van der Waals surface area contributed by atoms with Crippen molar-refractivity contribution in [2.24, 2.45) is 11.8 Å². The first-order chi connectivity index (χ1) is 41.4. The summed E-state index contributed by atoms with van der Waals surface area (Å²) < 4.78 is 67.9. The van der Waals surface area contributed by atoms with E-state index in [1.54, 1.807) is 0 Å². The SMILES string of the molecule is CCCCCCCCCCCCCC(=O)O[C@H](COC(=O)CCCCCCC)COP(=O)(O)OC[C@H](O)COP(=O)(O)OC[C@@H](COC(=O)CCCCCCCCCCC(C)CC)OC(=O)CCCCCCCCCCCCCCCCC(C)CC. The van der Waals surface area contributed by atoms with Gasteiger partial charge >= 0.3 is 39.5 Å². The molecule has 86 heavy (non-hydrogen) atoms. The molecule has 0 bridgehead atoms. The molecule has 19 heteroatoms. The van der Waals surface area contributed by atoms with Crippen LogP contribution in [-0.4, -0.2) is 96.7 Å². The number of rotatable bonds is 66. The van der Waals surface area contributed by atoms with E-state index in [4.69, 9.17) is 37.0 Å². The van der Waals surface area contributed by atoms with Crippen LogP contribution in [0.4, 0.5) is 0 Å². The van der Waals surface area contributed by atoms with Gasteiger partial charge in [0.25, 0.3) is 0 Å². The maximum absolute atomic E-state index is 13.0. The number of carbonyl (C=O) groups excluding carboxylic acids is 4. The Hall–Kier alpha value is -1.94. The zero-order valence-electron chi connectivity index (χ0n) is 55.6. The Morgan fingerprint density at radius 1 is 0.326 bits per heavy atom. The number of hydrogen-bond acceptors (Lipinski definition) is 15. The number of carbonyl (C=O) groups is 4. The molecule has 0 aromatic carbocycles. The van der Waals surface area contributed by atoms with Crippen molar-refractivity contribution >= 4 is 39.5 Å². The van der Waals surface area contributed by atoms with Gasteiger partial charge in [-0.05, 0) is 37.5 Å².